The van der Waals surface area contributed by atoms with E-state index in [1.54, 1.807) is 20.4 Å². The van der Waals surface area contributed by atoms with Gasteiger partial charge in [0.25, 0.3) is 5.91 Å². The van der Waals surface area contributed by atoms with Crippen molar-refractivity contribution in [1.82, 2.24) is 40.1 Å². The highest BCUT2D eigenvalue weighted by molar-refractivity contribution is 7.10. The number of nitrogens with zero attached hydrogens (tertiary/aromatic N) is 6. The molecule has 4 aliphatic rings. The maximum atomic E-state index is 14.6. The standard InChI is InChI=1S/C47H62N8O7S/c1-9-53-37-16-15-30-21-32(37)33(41(53)31-13-10-18-48-39(31)29(4)60-8)23-46(5,6)25-62-44(58)34-14-11-20-55(51-34)43(57)35(22-38-49-36(30)24-63-38)50-42(56)40(28(2)3)52(7)45(59)54-19-12-17-47(54)26-61-27-47/h10,13,15-16,18,21,24,28-29,34-35,40,51H,9,11-12,14,17,19-20,22-23,25-27H2,1-8H3,(H,50,56)/t29-,34-,35-,40?/m0/s1. The minimum atomic E-state index is -1.04. The molecule has 63 heavy (non-hydrogen) atoms. The number of benzene rings is 1. The number of nitrogens with one attached hydrogen (secondary N) is 2. The van der Waals surface area contributed by atoms with Crippen LogP contribution in [0.25, 0.3) is 33.4 Å². The number of aryl methyl sites for hydroxylation is 1. The Bertz CT molecular complexity index is 2370. The highest BCUT2D eigenvalue weighted by Gasteiger charge is 2.51. The molecule has 4 atom stereocenters. The smallest absolute Gasteiger partial charge is 0.324 e. The number of likely N-dealkylation sites (tertiary alicyclic amines) is 1. The van der Waals surface area contributed by atoms with Gasteiger partial charge in [0.15, 0.2) is 0 Å². The number of likely N-dealkylation sites (N-methyl/N-ethyl adjacent to an activating group) is 1. The minimum absolute atomic E-state index is 0.108. The van der Waals surface area contributed by atoms with E-state index in [2.05, 4.69) is 60.3 Å². The molecule has 6 bridgehead atoms. The van der Waals surface area contributed by atoms with Crippen LogP contribution in [0.1, 0.15) is 89.6 Å². The monoisotopic (exact) mass is 882 g/mol. The highest BCUT2D eigenvalue weighted by atomic mass is 32.1. The van der Waals surface area contributed by atoms with Crippen molar-refractivity contribution >= 4 is 46.1 Å². The quantitative estimate of drug-likeness (QED) is 0.197. The number of thiazole rings is 1. The predicted octanol–water partition coefficient (Wildman–Crippen LogP) is 6.14. The average molecular weight is 883 g/mol. The van der Waals surface area contributed by atoms with Gasteiger partial charge in [0.2, 0.25) is 5.91 Å². The van der Waals surface area contributed by atoms with Crippen molar-refractivity contribution in [1.29, 1.82) is 0 Å². The number of hydrogen-bond donors (Lipinski definition) is 2. The van der Waals surface area contributed by atoms with Gasteiger partial charge in [-0.2, -0.15) is 0 Å². The van der Waals surface area contributed by atoms with Gasteiger partial charge in [-0.3, -0.25) is 24.4 Å². The second-order valence-corrected chi connectivity index (χ2v) is 19.8. The Kier molecular flexibility index (Phi) is 12.7. The average Bonchev–Trinajstić information content (AvgIpc) is 4.00. The number of amides is 4. The molecule has 15 nitrogen and oxygen atoms in total. The van der Waals surface area contributed by atoms with E-state index < -0.39 is 41.3 Å². The largest absolute Gasteiger partial charge is 0.464 e. The van der Waals surface area contributed by atoms with Gasteiger partial charge in [-0.25, -0.2) is 15.2 Å². The Hall–Kier alpha value is -4.90. The van der Waals surface area contributed by atoms with E-state index in [0.717, 1.165) is 57.5 Å². The van der Waals surface area contributed by atoms with E-state index in [1.165, 1.54) is 21.2 Å². The zero-order valence-electron chi connectivity index (χ0n) is 37.9. The van der Waals surface area contributed by atoms with Crippen molar-refractivity contribution in [3.8, 4) is 22.5 Å². The van der Waals surface area contributed by atoms with E-state index in [0.29, 0.717) is 57.1 Å². The van der Waals surface area contributed by atoms with Crippen LogP contribution in [0.2, 0.25) is 0 Å². The summed E-state index contributed by atoms with van der Waals surface area (Å²) in [6.07, 6.45) is 5.05. The predicted molar refractivity (Wildman–Crippen MR) is 241 cm³/mol. The minimum Gasteiger partial charge on any atom is -0.464 e. The van der Waals surface area contributed by atoms with Gasteiger partial charge >= 0.3 is 12.0 Å². The molecule has 7 heterocycles. The SMILES string of the molecule is CCn1c(-c2cccnc2[C@H](C)OC)c2c3cc(ccc31)-c1csc(n1)C[C@H](NC(=O)C(C(C)C)N(C)C(=O)N1CCCC13COC3)C(=O)N1CCC[C@H](N1)C(=O)OCC(C)(C)C2. The van der Waals surface area contributed by atoms with Crippen LogP contribution >= 0.6 is 11.3 Å². The van der Waals surface area contributed by atoms with Gasteiger partial charge < -0.3 is 33.9 Å². The third kappa shape index (κ3) is 8.59. The summed E-state index contributed by atoms with van der Waals surface area (Å²) in [5.74, 6) is -1.52. The first-order chi connectivity index (χ1) is 30.1. The molecule has 2 N–H and O–H groups in total. The first-order valence-electron chi connectivity index (χ1n) is 22.4. The van der Waals surface area contributed by atoms with Crippen LogP contribution in [0.15, 0.2) is 41.9 Å². The lowest BCUT2D eigenvalue weighted by Crippen LogP contribution is -2.65. The second-order valence-electron chi connectivity index (χ2n) is 18.8. The first-order valence-corrected chi connectivity index (χ1v) is 23.3. The number of hydrazine groups is 1. The molecule has 0 aliphatic carbocycles. The van der Waals surface area contributed by atoms with Gasteiger partial charge in [-0.15, -0.1) is 11.3 Å². The Balaban J connectivity index is 1.18. The second kappa shape index (κ2) is 17.9. The van der Waals surface area contributed by atoms with Crippen LogP contribution in [-0.2, 0) is 48.0 Å². The molecule has 0 saturated carbocycles. The van der Waals surface area contributed by atoms with E-state index >= 15 is 0 Å². The molecule has 4 aliphatic heterocycles. The fourth-order valence-electron chi connectivity index (χ4n) is 9.93. The number of ether oxygens (including phenoxy) is 3. The van der Waals surface area contributed by atoms with E-state index in [9.17, 15) is 19.2 Å². The Labute approximate surface area is 373 Å². The van der Waals surface area contributed by atoms with Crippen LogP contribution < -0.4 is 10.7 Å². The number of fused-ring (bicyclic) bond motifs is 6. The molecule has 16 heteroatoms. The van der Waals surface area contributed by atoms with Crippen LogP contribution in [0.3, 0.4) is 0 Å². The summed E-state index contributed by atoms with van der Waals surface area (Å²) in [7, 11) is 3.35. The third-order valence-corrected chi connectivity index (χ3v) is 14.2. The number of aromatic nitrogens is 3. The third-order valence-electron chi connectivity index (χ3n) is 13.3. The fourth-order valence-corrected chi connectivity index (χ4v) is 10.8. The van der Waals surface area contributed by atoms with Gasteiger partial charge in [0.1, 0.15) is 18.1 Å². The molecule has 4 aromatic rings. The summed E-state index contributed by atoms with van der Waals surface area (Å²) in [4.78, 5) is 70.3. The van der Waals surface area contributed by atoms with Crippen molar-refractivity contribution in [2.45, 2.75) is 116 Å². The summed E-state index contributed by atoms with van der Waals surface area (Å²) in [5, 5.41) is 8.23. The summed E-state index contributed by atoms with van der Waals surface area (Å²) in [5.41, 5.74) is 9.07. The fraction of sp³-hybridized carbons (Fsp3) is 0.574. The number of carbonyl (C=O) groups is 4. The molecular weight excluding hydrogens is 821 g/mol. The number of pyridine rings is 1. The van der Waals surface area contributed by atoms with E-state index in [1.807, 2.05) is 37.1 Å². The van der Waals surface area contributed by atoms with Gasteiger partial charge in [-0.1, -0.05) is 33.8 Å². The van der Waals surface area contributed by atoms with E-state index in [4.69, 9.17) is 24.2 Å². The molecule has 4 amide bonds. The molecule has 1 aromatic carbocycles. The van der Waals surface area contributed by atoms with Crippen LogP contribution in [-0.4, -0.2) is 124 Å². The maximum absolute atomic E-state index is 14.6. The molecule has 3 aromatic heterocycles. The number of cyclic esters (lactones) is 1. The number of carbonyl (C=O) groups excluding carboxylic acids is 4. The van der Waals surface area contributed by atoms with Gasteiger partial charge in [-0.05, 0) is 81.7 Å². The summed E-state index contributed by atoms with van der Waals surface area (Å²) in [6.45, 7) is 14.9. The lowest BCUT2D eigenvalue weighted by atomic mass is 9.84. The topological polar surface area (TPSA) is 160 Å². The summed E-state index contributed by atoms with van der Waals surface area (Å²) < 4.78 is 19.8. The lowest BCUT2D eigenvalue weighted by Gasteiger charge is -2.47. The molecular formula is C47H62N8O7S. The molecule has 338 valence electrons. The number of methoxy groups -OCH3 is 1. The Morgan fingerprint density at radius 3 is 2.62 bits per heavy atom. The number of urea groups is 1. The van der Waals surface area contributed by atoms with Crippen molar-refractivity contribution in [3.63, 3.8) is 0 Å². The normalized spacial score (nSPS) is 22.1. The Morgan fingerprint density at radius 2 is 1.90 bits per heavy atom. The zero-order valence-corrected chi connectivity index (χ0v) is 38.7. The van der Waals surface area contributed by atoms with Crippen molar-refractivity contribution in [2.24, 2.45) is 11.3 Å². The zero-order chi connectivity index (χ0) is 44.8. The number of rotatable bonds is 8. The molecule has 0 radical (unpaired) electrons. The molecule has 8 rings (SSSR count). The number of hydrogen-bond acceptors (Lipinski definition) is 11. The lowest BCUT2D eigenvalue weighted by molar-refractivity contribution is -0.155. The van der Waals surface area contributed by atoms with Crippen molar-refractivity contribution < 1.29 is 33.4 Å². The molecule has 1 unspecified atom stereocenters. The van der Waals surface area contributed by atoms with Gasteiger partial charge in [0.05, 0.1) is 53.6 Å². The van der Waals surface area contributed by atoms with Crippen LogP contribution in [0, 0.1) is 11.3 Å². The number of esters is 1. The van der Waals surface area contributed by atoms with E-state index in [-0.39, 0.29) is 36.6 Å². The van der Waals surface area contributed by atoms with Crippen molar-refractivity contribution in [3.05, 3.63) is 58.2 Å². The molecule has 1 spiro atoms. The van der Waals surface area contributed by atoms with Crippen LogP contribution in [0.5, 0.6) is 0 Å². The van der Waals surface area contributed by atoms with Crippen LogP contribution in [0.4, 0.5) is 4.79 Å². The molecule has 3 saturated heterocycles. The highest BCUT2D eigenvalue weighted by Crippen LogP contribution is 2.42. The maximum Gasteiger partial charge on any atom is 0.324 e. The van der Waals surface area contributed by atoms with Crippen molar-refractivity contribution in [2.75, 3.05) is 47.1 Å². The summed E-state index contributed by atoms with van der Waals surface area (Å²) in [6, 6.07) is 7.58. The summed E-state index contributed by atoms with van der Waals surface area (Å²) >= 11 is 1.43. The Morgan fingerprint density at radius 1 is 1.11 bits per heavy atom. The molecule has 3 fully saturated rings. The first kappa shape index (κ1) is 44.7. The van der Waals surface area contributed by atoms with Gasteiger partial charge in [0, 0.05) is 79.2 Å².